The second-order valence-electron chi connectivity index (χ2n) is 3.51. The number of carbonyl (C=O) groups excluding carboxylic acids is 2. The van der Waals surface area contributed by atoms with Crippen molar-refractivity contribution in [1.29, 1.82) is 0 Å². The molecule has 0 saturated heterocycles. The van der Waals surface area contributed by atoms with Gasteiger partial charge in [-0.1, -0.05) is 17.7 Å². The lowest BCUT2D eigenvalue weighted by atomic mass is 10.1. The van der Waals surface area contributed by atoms with Gasteiger partial charge in [0, 0.05) is 6.92 Å². The van der Waals surface area contributed by atoms with Gasteiger partial charge >= 0.3 is 5.97 Å². The van der Waals surface area contributed by atoms with Crippen molar-refractivity contribution >= 4 is 35.2 Å². The van der Waals surface area contributed by atoms with Crippen molar-refractivity contribution in [3.05, 3.63) is 34.5 Å². The summed E-state index contributed by atoms with van der Waals surface area (Å²) < 4.78 is 4.56. The molecule has 1 aromatic carbocycles. The fourth-order valence-corrected chi connectivity index (χ4v) is 1.43. The molecule has 1 amide bonds. The first kappa shape index (κ1) is 14.1. The van der Waals surface area contributed by atoms with E-state index in [1.54, 1.807) is 18.2 Å². The van der Waals surface area contributed by atoms with Crippen molar-refractivity contribution in [3.63, 3.8) is 0 Å². The van der Waals surface area contributed by atoms with E-state index < -0.39 is 5.97 Å². The molecule has 0 atom stereocenters. The molecule has 0 aliphatic heterocycles. The normalized spacial score (nSPS) is 10.9. The Bertz CT molecular complexity index is 512. The van der Waals surface area contributed by atoms with Crippen LogP contribution in [0, 0.1) is 0 Å². The van der Waals surface area contributed by atoms with Gasteiger partial charge in [-0.15, -0.1) is 0 Å². The molecule has 0 aliphatic rings. The van der Waals surface area contributed by atoms with E-state index in [4.69, 9.17) is 17.3 Å². The van der Waals surface area contributed by atoms with Crippen molar-refractivity contribution < 1.29 is 14.3 Å². The Balaban J connectivity index is 3.10. The Hall–Kier alpha value is -2.01. The van der Waals surface area contributed by atoms with Crippen LogP contribution in [0.3, 0.4) is 0 Å². The number of ether oxygens (including phenoxy) is 1. The highest BCUT2D eigenvalue weighted by molar-refractivity contribution is 6.33. The Labute approximate surface area is 110 Å². The summed E-state index contributed by atoms with van der Waals surface area (Å²) in [4.78, 5) is 22.4. The Morgan fingerprint density at radius 2 is 2.11 bits per heavy atom. The van der Waals surface area contributed by atoms with Gasteiger partial charge in [-0.3, -0.25) is 4.79 Å². The first-order chi connectivity index (χ1) is 8.43. The predicted molar refractivity (Wildman–Crippen MR) is 69.7 cm³/mol. The fraction of sp³-hybridized carbons (Fsp3) is 0.167. The summed E-state index contributed by atoms with van der Waals surface area (Å²) in [6.07, 6.45) is 1.46. The predicted octanol–water partition coefficient (Wildman–Crippen LogP) is 1.57. The molecule has 0 bridgehead atoms. The zero-order chi connectivity index (χ0) is 13.7. The highest BCUT2D eigenvalue weighted by Crippen LogP contribution is 2.21. The number of hydrogen-bond donors (Lipinski definition) is 2. The molecule has 0 fully saturated rings. The number of hydrogen-bond acceptors (Lipinski definition) is 4. The second kappa shape index (κ2) is 6.07. The quantitative estimate of drug-likeness (QED) is 0.495. The van der Waals surface area contributed by atoms with Gasteiger partial charge < -0.3 is 15.8 Å². The van der Waals surface area contributed by atoms with Gasteiger partial charge in [-0.25, -0.2) is 4.79 Å². The largest absolute Gasteiger partial charge is 0.464 e. The first-order valence-corrected chi connectivity index (χ1v) is 5.44. The molecule has 0 radical (unpaired) electrons. The lowest BCUT2D eigenvalue weighted by Crippen LogP contribution is -2.25. The van der Waals surface area contributed by atoms with E-state index in [0.717, 1.165) is 0 Å². The molecule has 0 aliphatic carbocycles. The van der Waals surface area contributed by atoms with Crippen LogP contribution < -0.4 is 11.1 Å². The minimum atomic E-state index is -0.641. The van der Waals surface area contributed by atoms with Gasteiger partial charge in [-0.05, 0) is 23.8 Å². The van der Waals surface area contributed by atoms with Gasteiger partial charge in [0.1, 0.15) is 5.70 Å². The van der Waals surface area contributed by atoms with Crippen molar-refractivity contribution in [3.8, 4) is 0 Å². The average Bonchev–Trinajstić information content (AvgIpc) is 2.31. The molecule has 0 spiro atoms. The molecule has 5 nitrogen and oxygen atoms in total. The minimum absolute atomic E-state index is 0.0332. The van der Waals surface area contributed by atoms with Crippen LogP contribution in [0.2, 0.25) is 5.02 Å². The molecule has 0 saturated carbocycles. The van der Waals surface area contributed by atoms with Crippen LogP contribution in [-0.4, -0.2) is 19.0 Å². The SMILES string of the molecule is COC(=O)C(=Cc1ccc(N)c(Cl)c1)NC(C)=O. The summed E-state index contributed by atoms with van der Waals surface area (Å²) in [5.74, 6) is -1.01. The number of nitrogens with one attached hydrogen (secondary N) is 1. The van der Waals surface area contributed by atoms with Crippen molar-refractivity contribution in [2.24, 2.45) is 0 Å². The number of amides is 1. The van der Waals surface area contributed by atoms with Crippen molar-refractivity contribution in [2.75, 3.05) is 12.8 Å². The summed E-state index contributed by atoms with van der Waals surface area (Å²) in [7, 11) is 1.23. The third-order valence-electron chi connectivity index (χ3n) is 2.05. The summed E-state index contributed by atoms with van der Waals surface area (Å²) in [5.41, 5.74) is 6.67. The van der Waals surface area contributed by atoms with E-state index >= 15 is 0 Å². The minimum Gasteiger partial charge on any atom is -0.464 e. The summed E-state index contributed by atoms with van der Waals surface area (Å²) >= 11 is 5.86. The third-order valence-corrected chi connectivity index (χ3v) is 2.38. The number of rotatable bonds is 3. The molecule has 18 heavy (non-hydrogen) atoms. The molecular weight excluding hydrogens is 256 g/mol. The van der Waals surface area contributed by atoms with E-state index in [2.05, 4.69) is 10.1 Å². The standard InChI is InChI=1S/C12H13ClN2O3/c1-7(16)15-11(12(17)18-2)6-8-3-4-10(14)9(13)5-8/h3-6H,14H2,1-2H3,(H,15,16). The number of anilines is 1. The van der Waals surface area contributed by atoms with E-state index in [1.807, 2.05) is 0 Å². The highest BCUT2D eigenvalue weighted by Gasteiger charge is 2.11. The molecule has 0 unspecified atom stereocenters. The second-order valence-corrected chi connectivity index (χ2v) is 3.92. The zero-order valence-corrected chi connectivity index (χ0v) is 10.7. The maximum Gasteiger partial charge on any atom is 0.354 e. The maximum atomic E-state index is 11.4. The summed E-state index contributed by atoms with van der Waals surface area (Å²) in [6, 6.07) is 4.87. The van der Waals surface area contributed by atoms with Crippen LogP contribution in [0.25, 0.3) is 6.08 Å². The molecule has 0 heterocycles. The van der Waals surface area contributed by atoms with Crippen molar-refractivity contribution in [1.82, 2.24) is 5.32 Å². The van der Waals surface area contributed by atoms with Crippen LogP contribution in [0.1, 0.15) is 12.5 Å². The van der Waals surface area contributed by atoms with Crippen molar-refractivity contribution in [2.45, 2.75) is 6.92 Å². The lowest BCUT2D eigenvalue weighted by Gasteiger charge is -2.06. The van der Waals surface area contributed by atoms with E-state index in [-0.39, 0.29) is 11.6 Å². The van der Waals surface area contributed by atoms with Crippen LogP contribution in [0.15, 0.2) is 23.9 Å². The molecule has 1 rings (SSSR count). The number of methoxy groups -OCH3 is 1. The highest BCUT2D eigenvalue weighted by atomic mass is 35.5. The van der Waals surface area contributed by atoms with Crippen LogP contribution >= 0.6 is 11.6 Å². The zero-order valence-electron chi connectivity index (χ0n) is 9.99. The topological polar surface area (TPSA) is 81.4 Å². The third kappa shape index (κ3) is 3.78. The number of halogens is 1. The maximum absolute atomic E-state index is 11.4. The molecule has 3 N–H and O–H groups in total. The van der Waals surface area contributed by atoms with Gasteiger partial charge in [0.05, 0.1) is 17.8 Å². The fourth-order valence-electron chi connectivity index (χ4n) is 1.25. The van der Waals surface area contributed by atoms with Crippen LogP contribution in [-0.2, 0) is 14.3 Å². The number of nitrogens with two attached hydrogens (primary N) is 1. The first-order valence-electron chi connectivity index (χ1n) is 5.06. The monoisotopic (exact) mass is 268 g/mol. The molecular formula is C12H13ClN2O3. The smallest absolute Gasteiger partial charge is 0.354 e. The van der Waals surface area contributed by atoms with E-state index in [9.17, 15) is 9.59 Å². The number of carbonyl (C=O) groups is 2. The van der Waals surface area contributed by atoms with Crippen LogP contribution in [0.4, 0.5) is 5.69 Å². The Kier molecular flexibility index (Phi) is 4.74. The molecule has 96 valence electrons. The van der Waals surface area contributed by atoms with Gasteiger partial charge in [0.15, 0.2) is 0 Å². The van der Waals surface area contributed by atoms with E-state index in [0.29, 0.717) is 16.3 Å². The van der Waals surface area contributed by atoms with Gasteiger partial charge in [-0.2, -0.15) is 0 Å². The average molecular weight is 269 g/mol. The number of esters is 1. The lowest BCUT2D eigenvalue weighted by molar-refractivity contribution is -0.137. The van der Waals surface area contributed by atoms with Gasteiger partial charge in [0.2, 0.25) is 5.91 Å². The molecule has 1 aromatic rings. The number of nitrogen functional groups attached to an aromatic ring is 1. The molecule has 0 aromatic heterocycles. The van der Waals surface area contributed by atoms with E-state index in [1.165, 1.54) is 20.1 Å². The Morgan fingerprint density at radius 3 is 2.61 bits per heavy atom. The molecule has 6 heteroatoms. The Morgan fingerprint density at radius 1 is 1.44 bits per heavy atom. The van der Waals surface area contributed by atoms with Gasteiger partial charge in [0.25, 0.3) is 0 Å². The number of benzene rings is 1. The summed E-state index contributed by atoms with van der Waals surface area (Å²) in [5, 5.41) is 2.76. The van der Waals surface area contributed by atoms with Crippen LogP contribution in [0.5, 0.6) is 0 Å². The summed E-state index contributed by atoms with van der Waals surface area (Å²) in [6.45, 7) is 1.30.